The summed E-state index contributed by atoms with van der Waals surface area (Å²) >= 11 is 6.15. The average Bonchev–Trinajstić information content (AvgIpc) is 2.76. The minimum absolute atomic E-state index is 0.700. The van der Waals surface area contributed by atoms with Crippen molar-refractivity contribution in [2.45, 2.75) is 25.3 Å². The van der Waals surface area contributed by atoms with E-state index in [0.717, 1.165) is 29.5 Å². The van der Waals surface area contributed by atoms with Crippen LogP contribution in [-0.4, -0.2) is 44.2 Å². The van der Waals surface area contributed by atoms with E-state index in [9.17, 15) is 0 Å². The molecule has 19 heavy (non-hydrogen) atoms. The quantitative estimate of drug-likeness (QED) is 0.828. The van der Waals surface area contributed by atoms with Gasteiger partial charge in [-0.15, -0.1) is 0 Å². The lowest BCUT2D eigenvalue weighted by molar-refractivity contribution is 0.273. The van der Waals surface area contributed by atoms with Crippen LogP contribution in [0, 0.1) is 0 Å². The van der Waals surface area contributed by atoms with Gasteiger partial charge in [-0.2, -0.15) is 0 Å². The monoisotopic (exact) mass is 280 g/mol. The summed E-state index contributed by atoms with van der Waals surface area (Å²) in [5.74, 6) is 0.927. The molecule has 0 radical (unpaired) electrons. The largest absolute Gasteiger partial charge is 0.495 e. The molecule has 0 saturated carbocycles. The number of hydrogen-bond donors (Lipinski definition) is 0. The first-order chi connectivity index (χ1) is 9.28. The van der Waals surface area contributed by atoms with Crippen molar-refractivity contribution in [1.29, 1.82) is 0 Å². The lowest BCUT2D eigenvalue weighted by atomic mass is 10.2. The Morgan fingerprint density at radius 3 is 2.89 bits per heavy atom. The van der Waals surface area contributed by atoms with Gasteiger partial charge in [0, 0.05) is 30.7 Å². The van der Waals surface area contributed by atoms with Crippen molar-refractivity contribution in [1.82, 2.24) is 4.90 Å². The summed E-state index contributed by atoms with van der Waals surface area (Å²) in [5.41, 5.74) is 1.14. The number of halogens is 1. The summed E-state index contributed by atoms with van der Waals surface area (Å²) in [6, 6.07) is 6.59. The maximum absolute atomic E-state index is 6.15. The zero-order chi connectivity index (χ0) is 13.2. The lowest BCUT2D eigenvalue weighted by Gasteiger charge is -2.28. The number of fused-ring (bicyclic) bond motifs is 1. The highest BCUT2D eigenvalue weighted by Gasteiger charge is 2.29. The molecule has 0 aliphatic carbocycles. The molecule has 1 aromatic rings. The van der Waals surface area contributed by atoms with Crippen molar-refractivity contribution < 1.29 is 4.74 Å². The number of ether oxygens (including phenoxy) is 1. The van der Waals surface area contributed by atoms with Gasteiger partial charge < -0.3 is 9.64 Å². The van der Waals surface area contributed by atoms with Gasteiger partial charge in [-0.1, -0.05) is 11.6 Å². The van der Waals surface area contributed by atoms with E-state index in [2.05, 4.69) is 9.80 Å². The fourth-order valence-electron chi connectivity index (χ4n) is 3.34. The number of benzene rings is 1. The number of hydrogen-bond acceptors (Lipinski definition) is 3. The second kappa shape index (κ2) is 5.59. The number of anilines is 1. The molecule has 2 aliphatic heterocycles. The zero-order valence-electron chi connectivity index (χ0n) is 11.4. The molecule has 0 spiro atoms. The molecule has 1 atom stereocenters. The molecule has 104 valence electrons. The fraction of sp³-hybridized carbons (Fsp3) is 0.600. The molecule has 2 fully saturated rings. The molecular formula is C15H21ClN2O. The van der Waals surface area contributed by atoms with E-state index in [0.29, 0.717) is 6.04 Å². The first kappa shape index (κ1) is 13.1. The average molecular weight is 281 g/mol. The Morgan fingerprint density at radius 2 is 2.05 bits per heavy atom. The van der Waals surface area contributed by atoms with Crippen LogP contribution in [0.3, 0.4) is 0 Å². The van der Waals surface area contributed by atoms with Crippen LogP contribution >= 0.6 is 11.6 Å². The Bertz CT molecular complexity index is 452. The molecular weight excluding hydrogens is 260 g/mol. The Balaban J connectivity index is 1.86. The highest BCUT2D eigenvalue weighted by atomic mass is 35.5. The van der Waals surface area contributed by atoms with E-state index < -0.39 is 0 Å². The highest BCUT2D eigenvalue weighted by Crippen LogP contribution is 2.33. The second-order valence-corrected chi connectivity index (χ2v) is 5.88. The van der Waals surface area contributed by atoms with Crippen LogP contribution in [0.15, 0.2) is 18.2 Å². The topological polar surface area (TPSA) is 15.7 Å². The summed E-state index contributed by atoms with van der Waals surface area (Å²) in [5, 5.41) is 0.781. The van der Waals surface area contributed by atoms with Crippen molar-refractivity contribution in [3.8, 4) is 5.75 Å². The minimum Gasteiger partial charge on any atom is -0.495 e. The molecule has 3 rings (SSSR count). The molecule has 1 aromatic carbocycles. The van der Waals surface area contributed by atoms with Crippen molar-refractivity contribution in [2.24, 2.45) is 0 Å². The maximum atomic E-state index is 6.15. The lowest BCUT2D eigenvalue weighted by Crippen LogP contribution is -2.36. The predicted molar refractivity (Wildman–Crippen MR) is 79.4 cm³/mol. The number of rotatable bonds is 2. The third-order valence-corrected chi connectivity index (χ3v) is 4.52. The van der Waals surface area contributed by atoms with Crippen LogP contribution < -0.4 is 9.64 Å². The van der Waals surface area contributed by atoms with E-state index in [-0.39, 0.29) is 0 Å². The van der Waals surface area contributed by atoms with Crippen LogP contribution in [0.5, 0.6) is 5.75 Å². The molecule has 2 aliphatic rings. The van der Waals surface area contributed by atoms with Gasteiger partial charge in [-0.3, -0.25) is 4.90 Å². The van der Waals surface area contributed by atoms with Crippen LogP contribution in [0.1, 0.15) is 19.3 Å². The SMILES string of the molecule is COc1ccc(Cl)cc1N1CCCN2CCCC2C1. The molecule has 4 heteroatoms. The van der Waals surface area contributed by atoms with Crippen molar-refractivity contribution in [2.75, 3.05) is 38.2 Å². The van der Waals surface area contributed by atoms with Crippen LogP contribution in [-0.2, 0) is 0 Å². The fourth-order valence-corrected chi connectivity index (χ4v) is 3.50. The minimum atomic E-state index is 0.700. The first-order valence-electron chi connectivity index (χ1n) is 7.10. The van der Waals surface area contributed by atoms with Gasteiger partial charge in [0.2, 0.25) is 0 Å². The highest BCUT2D eigenvalue weighted by molar-refractivity contribution is 6.30. The standard InChI is InChI=1S/C15H21ClN2O/c1-19-15-6-5-12(16)10-14(15)18-9-3-8-17-7-2-4-13(17)11-18/h5-6,10,13H,2-4,7-9,11H2,1H3. The maximum Gasteiger partial charge on any atom is 0.142 e. The summed E-state index contributed by atoms with van der Waals surface area (Å²) in [4.78, 5) is 5.08. The van der Waals surface area contributed by atoms with E-state index in [1.165, 1.54) is 32.4 Å². The molecule has 0 bridgehead atoms. The molecule has 0 amide bonds. The Morgan fingerprint density at radius 1 is 1.21 bits per heavy atom. The first-order valence-corrected chi connectivity index (χ1v) is 7.48. The Hall–Kier alpha value is -0.930. The van der Waals surface area contributed by atoms with Gasteiger partial charge in [0.05, 0.1) is 12.8 Å². The van der Waals surface area contributed by atoms with Crippen molar-refractivity contribution in [3.63, 3.8) is 0 Å². The van der Waals surface area contributed by atoms with Crippen LogP contribution in [0.2, 0.25) is 5.02 Å². The van der Waals surface area contributed by atoms with E-state index in [1.54, 1.807) is 7.11 Å². The normalized spacial score (nSPS) is 24.1. The van der Waals surface area contributed by atoms with Gasteiger partial charge in [0.1, 0.15) is 5.75 Å². The molecule has 2 saturated heterocycles. The van der Waals surface area contributed by atoms with Gasteiger partial charge in [0.25, 0.3) is 0 Å². The summed E-state index contributed by atoms with van der Waals surface area (Å²) in [7, 11) is 1.73. The Labute approximate surface area is 120 Å². The summed E-state index contributed by atoms with van der Waals surface area (Å²) < 4.78 is 5.49. The van der Waals surface area contributed by atoms with Crippen LogP contribution in [0.25, 0.3) is 0 Å². The van der Waals surface area contributed by atoms with Gasteiger partial charge >= 0.3 is 0 Å². The van der Waals surface area contributed by atoms with Crippen LogP contribution in [0.4, 0.5) is 5.69 Å². The van der Waals surface area contributed by atoms with Crippen molar-refractivity contribution >= 4 is 17.3 Å². The summed E-state index contributed by atoms with van der Waals surface area (Å²) in [6.07, 6.45) is 3.87. The third-order valence-electron chi connectivity index (χ3n) is 4.29. The van der Waals surface area contributed by atoms with Gasteiger partial charge in [-0.05, 0) is 44.0 Å². The van der Waals surface area contributed by atoms with E-state index in [4.69, 9.17) is 16.3 Å². The van der Waals surface area contributed by atoms with Crippen molar-refractivity contribution in [3.05, 3.63) is 23.2 Å². The molecule has 0 N–H and O–H groups in total. The summed E-state index contributed by atoms with van der Waals surface area (Å²) in [6.45, 7) is 4.68. The van der Waals surface area contributed by atoms with Gasteiger partial charge in [-0.25, -0.2) is 0 Å². The molecule has 3 nitrogen and oxygen atoms in total. The van der Waals surface area contributed by atoms with E-state index in [1.807, 2.05) is 18.2 Å². The smallest absolute Gasteiger partial charge is 0.142 e. The molecule has 0 aromatic heterocycles. The molecule has 2 heterocycles. The number of nitrogens with zero attached hydrogens (tertiary/aromatic N) is 2. The zero-order valence-corrected chi connectivity index (χ0v) is 12.2. The second-order valence-electron chi connectivity index (χ2n) is 5.45. The Kier molecular flexibility index (Phi) is 3.85. The third kappa shape index (κ3) is 2.67. The van der Waals surface area contributed by atoms with Gasteiger partial charge in [0.15, 0.2) is 0 Å². The van der Waals surface area contributed by atoms with E-state index >= 15 is 0 Å². The number of methoxy groups -OCH3 is 1. The molecule has 1 unspecified atom stereocenters. The predicted octanol–water partition coefficient (Wildman–Crippen LogP) is 3.02.